The Morgan fingerprint density at radius 1 is 1.45 bits per heavy atom. The van der Waals surface area contributed by atoms with Crippen LogP contribution in [-0.4, -0.2) is 37.6 Å². The molecule has 1 saturated heterocycles. The Kier molecular flexibility index (Phi) is 5.43. The van der Waals surface area contributed by atoms with Crippen molar-refractivity contribution in [3.05, 3.63) is 28.2 Å². The van der Waals surface area contributed by atoms with Gasteiger partial charge in [0.1, 0.15) is 5.75 Å². The van der Waals surface area contributed by atoms with Gasteiger partial charge in [-0.3, -0.25) is 0 Å². The second-order valence-electron chi connectivity index (χ2n) is 5.33. The fourth-order valence-electron chi connectivity index (χ4n) is 2.37. The van der Waals surface area contributed by atoms with E-state index >= 15 is 0 Å². The molecule has 1 unspecified atom stereocenters. The van der Waals surface area contributed by atoms with Gasteiger partial charge in [0.25, 0.3) is 0 Å². The summed E-state index contributed by atoms with van der Waals surface area (Å²) in [5.74, 6) is 0.830. The average molecular weight is 344 g/mol. The Labute approximate surface area is 128 Å². The molecule has 0 saturated carbocycles. The van der Waals surface area contributed by atoms with Gasteiger partial charge in [0.05, 0.1) is 12.7 Å². The molecule has 20 heavy (non-hydrogen) atoms. The Morgan fingerprint density at radius 2 is 2.15 bits per heavy atom. The smallest absolute Gasteiger partial charge is 0.120 e. The first-order chi connectivity index (χ1) is 9.54. The second kappa shape index (κ2) is 6.89. The van der Waals surface area contributed by atoms with E-state index in [1.165, 1.54) is 0 Å². The molecule has 4 nitrogen and oxygen atoms in total. The van der Waals surface area contributed by atoms with Crippen LogP contribution in [0, 0.1) is 0 Å². The standard InChI is InChI=1S/C15H22BrNO3/c1-11(13-4-3-12(19-2)9-14(13)16)17-10-15(18)5-7-20-8-6-15/h3-4,9,11,17-18H,5-8,10H2,1-2H3. The fourth-order valence-corrected chi connectivity index (χ4v) is 3.07. The van der Waals surface area contributed by atoms with Crippen molar-refractivity contribution in [2.75, 3.05) is 26.9 Å². The molecule has 0 amide bonds. The number of rotatable bonds is 5. The molecule has 1 aromatic carbocycles. The van der Waals surface area contributed by atoms with Gasteiger partial charge in [-0.05, 0) is 24.6 Å². The van der Waals surface area contributed by atoms with Gasteiger partial charge >= 0.3 is 0 Å². The largest absolute Gasteiger partial charge is 0.497 e. The van der Waals surface area contributed by atoms with E-state index in [4.69, 9.17) is 9.47 Å². The molecule has 2 N–H and O–H groups in total. The van der Waals surface area contributed by atoms with Crippen LogP contribution in [0.25, 0.3) is 0 Å². The SMILES string of the molecule is COc1ccc(C(C)NCC2(O)CCOCC2)c(Br)c1. The van der Waals surface area contributed by atoms with Crippen LogP contribution in [0.4, 0.5) is 0 Å². The maximum atomic E-state index is 10.4. The molecular formula is C15H22BrNO3. The minimum Gasteiger partial charge on any atom is -0.497 e. The first-order valence-electron chi connectivity index (χ1n) is 6.91. The number of hydrogen-bond donors (Lipinski definition) is 2. The van der Waals surface area contributed by atoms with E-state index in [2.05, 4.69) is 28.2 Å². The zero-order valence-electron chi connectivity index (χ0n) is 12.0. The number of aliphatic hydroxyl groups is 1. The highest BCUT2D eigenvalue weighted by molar-refractivity contribution is 9.10. The number of hydrogen-bond acceptors (Lipinski definition) is 4. The normalized spacial score (nSPS) is 19.6. The molecule has 1 aliphatic heterocycles. The lowest BCUT2D eigenvalue weighted by Gasteiger charge is -2.33. The molecule has 1 atom stereocenters. The van der Waals surface area contributed by atoms with Gasteiger partial charge in [0, 0.05) is 43.1 Å². The number of methoxy groups -OCH3 is 1. The van der Waals surface area contributed by atoms with Gasteiger partial charge in [0.2, 0.25) is 0 Å². The minimum absolute atomic E-state index is 0.155. The monoisotopic (exact) mass is 343 g/mol. The Morgan fingerprint density at radius 3 is 2.75 bits per heavy atom. The lowest BCUT2D eigenvalue weighted by molar-refractivity contribution is -0.0626. The molecule has 5 heteroatoms. The summed E-state index contributed by atoms with van der Waals surface area (Å²) in [6, 6.07) is 6.09. The van der Waals surface area contributed by atoms with Crippen LogP contribution >= 0.6 is 15.9 Å². The highest BCUT2D eigenvalue weighted by Crippen LogP contribution is 2.28. The lowest BCUT2D eigenvalue weighted by atomic mass is 9.94. The van der Waals surface area contributed by atoms with E-state index < -0.39 is 5.60 Å². The highest BCUT2D eigenvalue weighted by Gasteiger charge is 2.30. The second-order valence-corrected chi connectivity index (χ2v) is 6.18. The van der Waals surface area contributed by atoms with Crippen molar-refractivity contribution in [3.63, 3.8) is 0 Å². The van der Waals surface area contributed by atoms with Gasteiger partial charge in [-0.1, -0.05) is 22.0 Å². The predicted octanol–water partition coefficient (Wildman–Crippen LogP) is 2.65. The van der Waals surface area contributed by atoms with Gasteiger partial charge in [0.15, 0.2) is 0 Å². The van der Waals surface area contributed by atoms with E-state index in [-0.39, 0.29) is 6.04 Å². The van der Waals surface area contributed by atoms with E-state index in [1.54, 1.807) is 7.11 Å². The van der Waals surface area contributed by atoms with E-state index in [0.29, 0.717) is 32.6 Å². The molecule has 1 heterocycles. The predicted molar refractivity (Wildman–Crippen MR) is 82.1 cm³/mol. The van der Waals surface area contributed by atoms with Crippen LogP contribution in [0.2, 0.25) is 0 Å². The molecule has 0 aliphatic carbocycles. The van der Waals surface area contributed by atoms with Crippen LogP contribution in [0.15, 0.2) is 22.7 Å². The highest BCUT2D eigenvalue weighted by atomic mass is 79.9. The van der Waals surface area contributed by atoms with E-state index in [1.807, 2.05) is 18.2 Å². The molecule has 1 fully saturated rings. The zero-order valence-corrected chi connectivity index (χ0v) is 13.6. The maximum absolute atomic E-state index is 10.4. The average Bonchev–Trinajstić information content (AvgIpc) is 2.45. The van der Waals surface area contributed by atoms with E-state index in [0.717, 1.165) is 15.8 Å². The Balaban J connectivity index is 1.96. The van der Waals surface area contributed by atoms with Crippen LogP contribution in [0.3, 0.4) is 0 Å². The van der Waals surface area contributed by atoms with Gasteiger partial charge in [-0.15, -0.1) is 0 Å². The van der Waals surface area contributed by atoms with Gasteiger partial charge < -0.3 is 19.9 Å². The van der Waals surface area contributed by atoms with Crippen molar-refractivity contribution in [2.45, 2.75) is 31.4 Å². The third kappa shape index (κ3) is 3.95. The van der Waals surface area contributed by atoms with Crippen LogP contribution in [0.5, 0.6) is 5.75 Å². The van der Waals surface area contributed by atoms with Gasteiger partial charge in [-0.25, -0.2) is 0 Å². The molecule has 1 aromatic rings. The van der Waals surface area contributed by atoms with E-state index in [9.17, 15) is 5.11 Å². The molecule has 0 radical (unpaired) electrons. The summed E-state index contributed by atoms with van der Waals surface area (Å²) >= 11 is 3.57. The quantitative estimate of drug-likeness (QED) is 0.862. The first kappa shape index (κ1) is 15.8. The van der Waals surface area contributed by atoms with Crippen molar-refractivity contribution in [1.82, 2.24) is 5.32 Å². The third-order valence-corrected chi connectivity index (χ3v) is 4.52. The Hall–Kier alpha value is -0.620. The molecule has 0 spiro atoms. The topological polar surface area (TPSA) is 50.7 Å². The maximum Gasteiger partial charge on any atom is 0.120 e. The lowest BCUT2D eigenvalue weighted by Crippen LogP contribution is -2.45. The molecule has 0 bridgehead atoms. The number of halogens is 1. The van der Waals surface area contributed by atoms with Crippen molar-refractivity contribution in [3.8, 4) is 5.75 Å². The first-order valence-corrected chi connectivity index (χ1v) is 7.70. The Bertz CT molecular complexity index is 447. The number of ether oxygens (including phenoxy) is 2. The summed E-state index contributed by atoms with van der Waals surface area (Å²) in [5.41, 5.74) is 0.507. The molecule has 1 aliphatic rings. The van der Waals surface area contributed by atoms with Crippen molar-refractivity contribution in [1.29, 1.82) is 0 Å². The molecule has 2 rings (SSSR count). The number of benzene rings is 1. The van der Waals surface area contributed by atoms with Crippen LogP contribution in [-0.2, 0) is 4.74 Å². The van der Waals surface area contributed by atoms with Crippen LogP contribution < -0.4 is 10.1 Å². The fraction of sp³-hybridized carbons (Fsp3) is 0.600. The van der Waals surface area contributed by atoms with Crippen molar-refractivity contribution >= 4 is 15.9 Å². The summed E-state index contributed by atoms with van der Waals surface area (Å²) in [4.78, 5) is 0. The third-order valence-electron chi connectivity index (χ3n) is 3.83. The minimum atomic E-state index is -0.647. The summed E-state index contributed by atoms with van der Waals surface area (Å²) in [6.45, 7) is 3.95. The molecular weight excluding hydrogens is 322 g/mol. The van der Waals surface area contributed by atoms with Gasteiger partial charge in [-0.2, -0.15) is 0 Å². The molecule has 0 aromatic heterocycles. The summed E-state index contributed by atoms with van der Waals surface area (Å²) < 4.78 is 11.5. The summed E-state index contributed by atoms with van der Waals surface area (Å²) in [6.07, 6.45) is 1.38. The summed E-state index contributed by atoms with van der Waals surface area (Å²) in [5, 5.41) is 13.9. The number of nitrogens with one attached hydrogen (secondary N) is 1. The van der Waals surface area contributed by atoms with Crippen LogP contribution in [0.1, 0.15) is 31.4 Å². The van der Waals surface area contributed by atoms with Crippen molar-refractivity contribution in [2.24, 2.45) is 0 Å². The molecule has 112 valence electrons. The summed E-state index contributed by atoms with van der Waals surface area (Å²) in [7, 11) is 1.66. The zero-order chi connectivity index (χ0) is 14.6. The van der Waals surface area contributed by atoms with Crippen molar-refractivity contribution < 1.29 is 14.6 Å².